The second-order valence-electron chi connectivity index (χ2n) is 11.0. The van der Waals surface area contributed by atoms with Gasteiger partial charge in [-0.15, -0.1) is 0 Å². The molecule has 0 aliphatic carbocycles. The third-order valence-electron chi connectivity index (χ3n) is 7.32. The first kappa shape index (κ1) is 35.8. The number of benzene rings is 3. The van der Waals surface area contributed by atoms with Gasteiger partial charge in [0.25, 0.3) is 0 Å². The number of nitrogen functional groups attached to an aromatic ring is 1. The van der Waals surface area contributed by atoms with E-state index in [1.54, 1.807) is 24.3 Å². The topological polar surface area (TPSA) is 237 Å². The van der Waals surface area contributed by atoms with Gasteiger partial charge in [-0.3, -0.25) is 14.4 Å². The third kappa shape index (κ3) is 12.3. The number of anilines is 1. The molecule has 0 bridgehead atoms. The molecule has 9 N–H and O–H groups in total. The van der Waals surface area contributed by atoms with Crippen molar-refractivity contribution in [2.45, 2.75) is 63.1 Å². The number of hydrogen-bond acceptors (Lipinski definition) is 7. The molecule has 3 aromatic rings. The fourth-order valence-corrected chi connectivity index (χ4v) is 4.83. The maximum absolute atomic E-state index is 13.3. The smallest absolute Gasteiger partial charge is 0.326 e. The zero-order valence-electron chi connectivity index (χ0n) is 25.6. The molecule has 0 unspecified atom stereocenters. The number of carboxylic acid groups (broad SMARTS) is 3. The molecule has 0 saturated carbocycles. The Hall–Kier alpha value is -5.66. The molecule has 14 nitrogen and oxygen atoms in total. The zero-order chi connectivity index (χ0) is 34.3. The minimum absolute atomic E-state index is 0.0235. The van der Waals surface area contributed by atoms with Crippen LogP contribution in [0.3, 0.4) is 0 Å². The molecule has 0 aromatic heterocycles. The summed E-state index contributed by atoms with van der Waals surface area (Å²) < 4.78 is 0. The van der Waals surface area contributed by atoms with E-state index in [4.69, 9.17) is 10.8 Å². The van der Waals surface area contributed by atoms with Crippen molar-refractivity contribution in [3.63, 3.8) is 0 Å². The zero-order valence-corrected chi connectivity index (χ0v) is 25.6. The second kappa shape index (κ2) is 17.7. The minimum Gasteiger partial charge on any atom is -0.481 e. The lowest BCUT2D eigenvalue weighted by molar-refractivity contribution is -0.141. The molecule has 0 fully saturated rings. The van der Waals surface area contributed by atoms with Crippen LogP contribution in [0.4, 0.5) is 10.5 Å². The van der Waals surface area contributed by atoms with Gasteiger partial charge in [0.05, 0.1) is 6.42 Å². The van der Waals surface area contributed by atoms with Crippen LogP contribution in [-0.4, -0.2) is 75.7 Å². The molecule has 0 aliphatic heterocycles. The van der Waals surface area contributed by atoms with E-state index in [-0.39, 0.29) is 44.6 Å². The lowest BCUT2D eigenvalue weighted by Gasteiger charge is -2.20. The number of carbonyl (C=O) groups excluding carboxylic acids is 3. The summed E-state index contributed by atoms with van der Waals surface area (Å²) >= 11 is 0. The molecule has 4 amide bonds. The molecule has 0 spiro atoms. The van der Waals surface area contributed by atoms with Gasteiger partial charge >= 0.3 is 23.9 Å². The lowest BCUT2D eigenvalue weighted by atomic mass is 10.0. The Morgan fingerprint density at radius 3 is 1.94 bits per heavy atom. The first-order valence-corrected chi connectivity index (χ1v) is 15.0. The Balaban J connectivity index is 1.55. The van der Waals surface area contributed by atoms with E-state index in [9.17, 15) is 39.0 Å². The van der Waals surface area contributed by atoms with Crippen molar-refractivity contribution < 1.29 is 44.1 Å². The number of urea groups is 1. The summed E-state index contributed by atoms with van der Waals surface area (Å²) in [5.41, 5.74) is 7.87. The number of rotatable bonds is 18. The molecule has 47 heavy (non-hydrogen) atoms. The average molecular weight is 650 g/mol. The van der Waals surface area contributed by atoms with Crippen molar-refractivity contribution in [2.75, 3.05) is 12.3 Å². The fourth-order valence-electron chi connectivity index (χ4n) is 4.83. The van der Waals surface area contributed by atoms with Gasteiger partial charge in [0, 0.05) is 25.1 Å². The Bertz CT molecular complexity index is 1580. The van der Waals surface area contributed by atoms with Crippen LogP contribution >= 0.6 is 0 Å². The average Bonchev–Trinajstić information content (AvgIpc) is 3.02. The highest BCUT2D eigenvalue weighted by Gasteiger charge is 2.25. The van der Waals surface area contributed by atoms with E-state index in [1.807, 2.05) is 42.5 Å². The summed E-state index contributed by atoms with van der Waals surface area (Å²) in [7, 11) is 0. The fraction of sp³-hybridized carbons (Fsp3) is 0.333. The van der Waals surface area contributed by atoms with Crippen LogP contribution in [0.1, 0.15) is 43.2 Å². The van der Waals surface area contributed by atoms with Crippen LogP contribution in [0.2, 0.25) is 0 Å². The number of nitrogens with one attached hydrogen (secondary N) is 4. The first-order chi connectivity index (χ1) is 22.4. The first-order valence-electron chi connectivity index (χ1n) is 15.0. The number of nitrogens with two attached hydrogens (primary N) is 1. The molecule has 0 heterocycles. The van der Waals surface area contributed by atoms with E-state index in [0.29, 0.717) is 12.1 Å². The van der Waals surface area contributed by atoms with E-state index < -0.39 is 54.4 Å². The number of amides is 4. The SMILES string of the molecule is Nc1ccc(CC(=O)N[C@@H](Cc2ccc3ccccc3c2)C(=O)NCCCC[C@H](NC(=O)N[C@@H](CCC(=O)O)C(=O)O)C(=O)O)cc1. The standard InChI is InChI=1S/C33H39N5O9/c34-24-12-9-20(10-13-24)19-28(39)36-27(18-21-8-11-22-5-1-2-6-23(22)17-21)30(42)35-16-4-3-7-25(31(43)44)37-33(47)38-26(32(45)46)14-15-29(40)41/h1-2,5-6,8-13,17,25-27H,3-4,7,14-16,18-19,34H2,(H,35,42)(H,36,39)(H,40,41)(H,43,44)(H,45,46)(H2,37,38,47)/t25-,26-,27-/m0/s1. The van der Waals surface area contributed by atoms with Gasteiger partial charge in [0.2, 0.25) is 11.8 Å². The normalized spacial score (nSPS) is 12.7. The summed E-state index contributed by atoms with van der Waals surface area (Å²) in [6.07, 6.45) is -0.000971. The van der Waals surface area contributed by atoms with Crippen molar-refractivity contribution in [1.29, 1.82) is 0 Å². The van der Waals surface area contributed by atoms with E-state index in [1.165, 1.54) is 0 Å². The van der Waals surface area contributed by atoms with Crippen LogP contribution in [0.15, 0.2) is 66.7 Å². The van der Waals surface area contributed by atoms with Gasteiger partial charge in [-0.05, 0) is 59.7 Å². The predicted octanol–water partition coefficient (Wildman–Crippen LogP) is 2.05. The van der Waals surface area contributed by atoms with E-state index in [2.05, 4.69) is 21.3 Å². The van der Waals surface area contributed by atoms with Crippen LogP contribution < -0.4 is 27.0 Å². The van der Waals surface area contributed by atoms with Gasteiger partial charge in [-0.1, -0.05) is 54.6 Å². The number of hydrogen-bond donors (Lipinski definition) is 8. The highest BCUT2D eigenvalue weighted by Crippen LogP contribution is 2.17. The van der Waals surface area contributed by atoms with Gasteiger partial charge in [0.1, 0.15) is 18.1 Å². The van der Waals surface area contributed by atoms with Crippen molar-refractivity contribution in [3.8, 4) is 0 Å². The van der Waals surface area contributed by atoms with Crippen molar-refractivity contribution >= 4 is 52.2 Å². The molecule has 3 rings (SSSR count). The number of unbranched alkanes of at least 4 members (excludes halogenated alkanes) is 1. The quantitative estimate of drug-likeness (QED) is 0.0737. The second-order valence-corrected chi connectivity index (χ2v) is 11.0. The molecular weight excluding hydrogens is 610 g/mol. The summed E-state index contributed by atoms with van der Waals surface area (Å²) in [5, 5.41) is 39.4. The maximum atomic E-state index is 13.3. The number of carbonyl (C=O) groups is 6. The Kier molecular flexibility index (Phi) is 13.5. The molecule has 0 saturated heterocycles. The highest BCUT2D eigenvalue weighted by atomic mass is 16.4. The maximum Gasteiger partial charge on any atom is 0.326 e. The molecular formula is C33H39N5O9. The summed E-state index contributed by atoms with van der Waals surface area (Å²) in [4.78, 5) is 72.1. The summed E-state index contributed by atoms with van der Waals surface area (Å²) in [6, 6.07) is 15.6. The minimum atomic E-state index is -1.51. The Morgan fingerprint density at radius 2 is 1.30 bits per heavy atom. The summed E-state index contributed by atoms with van der Waals surface area (Å²) in [6.45, 7) is 0.162. The molecule has 14 heteroatoms. The monoisotopic (exact) mass is 649 g/mol. The van der Waals surface area contributed by atoms with Crippen molar-refractivity contribution in [2.24, 2.45) is 0 Å². The molecule has 3 aromatic carbocycles. The van der Waals surface area contributed by atoms with E-state index in [0.717, 1.165) is 21.9 Å². The van der Waals surface area contributed by atoms with Crippen LogP contribution in [0.5, 0.6) is 0 Å². The van der Waals surface area contributed by atoms with Crippen molar-refractivity contribution in [1.82, 2.24) is 21.3 Å². The summed E-state index contributed by atoms with van der Waals surface area (Å²) in [5.74, 6) is -4.81. The van der Waals surface area contributed by atoms with E-state index >= 15 is 0 Å². The lowest BCUT2D eigenvalue weighted by Crippen LogP contribution is -2.51. The molecule has 3 atom stereocenters. The van der Waals surface area contributed by atoms with Crippen LogP contribution in [0, 0.1) is 0 Å². The Labute approximate surface area is 270 Å². The van der Waals surface area contributed by atoms with Crippen LogP contribution in [0.25, 0.3) is 10.8 Å². The van der Waals surface area contributed by atoms with Crippen LogP contribution in [-0.2, 0) is 36.8 Å². The number of carboxylic acids is 3. The molecule has 0 aliphatic rings. The van der Waals surface area contributed by atoms with Crippen molar-refractivity contribution in [3.05, 3.63) is 77.9 Å². The van der Waals surface area contributed by atoms with Gasteiger partial charge in [-0.2, -0.15) is 0 Å². The molecule has 0 radical (unpaired) electrons. The van der Waals surface area contributed by atoms with Gasteiger partial charge in [-0.25, -0.2) is 14.4 Å². The Morgan fingerprint density at radius 1 is 0.681 bits per heavy atom. The van der Waals surface area contributed by atoms with Gasteiger partial charge in [0.15, 0.2) is 0 Å². The number of aliphatic carboxylic acids is 3. The highest BCUT2D eigenvalue weighted by molar-refractivity contribution is 5.89. The largest absolute Gasteiger partial charge is 0.481 e. The molecule has 250 valence electrons. The third-order valence-corrected chi connectivity index (χ3v) is 7.32. The van der Waals surface area contributed by atoms with Gasteiger partial charge < -0.3 is 42.3 Å². The predicted molar refractivity (Wildman–Crippen MR) is 172 cm³/mol. The number of fused-ring (bicyclic) bond motifs is 1.